The Morgan fingerprint density at radius 1 is 1.29 bits per heavy atom. The maximum absolute atomic E-state index is 3.26. The minimum Gasteiger partial charge on any atom is -0.319 e. The molecule has 3 unspecified atom stereocenters. The summed E-state index contributed by atoms with van der Waals surface area (Å²) in [5, 5.41) is 3.26. The number of piperidine rings is 1. The molecule has 3 atom stereocenters. The number of nitrogens with zero attached hydrogens (tertiary/aromatic N) is 1. The van der Waals surface area contributed by atoms with Crippen molar-refractivity contribution in [3.05, 3.63) is 0 Å². The van der Waals surface area contributed by atoms with Gasteiger partial charge < -0.3 is 5.32 Å². The first-order valence-corrected chi connectivity index (χ1v) is 6.05. The Labute approximate surface area is 89.1 Å². The number of rotatable bonds is 4. The van der Waals surface area contributed by atoms with Crippen molar-refractivity contribution in [2.24, 2.45) is 5.92 Å². The monoisotopic (exact) mass is 198 g/mol. The Hall–Kier alpha value is -0.0800. The summed E-state index contributed by atoms with van der Waals surface area (Å²) in [5.74, 6) is 0.767. The number of hydrogen-bond acceptors (Lipinski definition) is 2. The van der Waals surface area contributed by atoms with Crippen molar-refractivity contribution in [1.82, 2.24) is 10.2 Å². The molecule has 2 nitrogen and oxygen atoms in total. The van der Waals surface area contributed by atoms with Crippen molar-refractivity contribution in [3.8, 4) is 0 Å². The fourth-order valence-electron chi connectivity index (χ4n) is 2.61. The number of likely N-dealkylation sites (tertiary alicyclic amines) is 1. The van der Waals surface area contributed by atoms with E-state index in [1.54, 1.807) is 0 Å². The molecule has 84 valence electrons. The summed E-state index contributed by atoms with van der Waals surface area (Å²) in [6.45, 7) is 9.48. The normalized spacial score (nSPS) is 31.7. The van der Waals surface area contributed by atoms with Gasteiger partial charge in [-0.15, -0.1) is 0 Å². The van der Waals surface area contributed by atoms with Gasteiger partial charge in [-0.1, -0.05) is 13.3 Å². The first kappa shape index (κ1) is 12.0. The van der Waals surface area contributed by atoms with Crippen LogP contribution >= 0.6 is 0 Å². The molecule has 14 heavy (non-hydrogen) atoms. The van der Waals surface area contributed by atoms with E-state index in [0.717, 1.165) is 24.5 Å². The second-order valence-corrected chi connectivity index (χ2v) is 4.99. The lowest BCUT2D eigenvalue weighted by Gasteiger charge is -2.40. The third-order valence-electron chi connectivity index (χ3n) is 3.45. The third-order valence-corrected chi connectivity index (χ3v) is 3.45. The SMILES string of the molecule is CNCC(C)CN1C(C)CCCC1C. The van der Waals surface area contributed by atoms with Crippen LogP contribution in [-0.4, -0.2) is 37.1 Å². The quantitative estimate of drug-likeness (QED) is 0.744. The minimum absolute atomic E-state index is 0.767. The topological polar surface area (TPSA) is 15.3 Å². The van der Waals surface area contributed by atoms with E-state index in [9.17, 15) is 0 Å². The molecule has 0 bridgehead atoms. The fourth-order valence-corrected chi connectivity index (χ4v) is 2.61. The maximum atomic E-state index is 3.26. The van der Waals surface area contributed by atoms with E-state index in [1.165, 1.54) is 25.8 Å². The second kappa shape index (κ2) is 5.72. The van der Waals surface area contributed by atoms with Crippen molar-refractivity contribution in [2.75, 3.05) is 20.1 Å². The van der Waals surface area contributed by atoms with Gasteiger partial charge in [-0.25, -0.2) is 0 Å². The summed E-state index contributed by atoms with van der Waals surface area (Å²) in [6.07, 6.45) is 4.19. The summed E-state index contributed by atoms with van der Waals surface area (Å²) in [4.78, 5) is 2.69. The van der Waals surface area contributed by atoms with Crippen LogP contribution in [0.5, 0.6) is 0 Å². The molecule has 1 N–H and O–H groups in total. The maximum Gasteiger partial charge on any atom is 0.00698 e. The van der Waals surface area contributed by atoms with Crippen LogP contribution in [0.15, 0.2) is 0 Å². The molecule has 1 saturated heterocycles. The molecule has 0 aromatic rings. The lowest BCUT2D eigenvalue weighted by molar-refractivity contribution is 0.0871. The first-order chi connectivity index (χ1) is 6.65. The van der Waals surface area contributed by atoms with Crippen molar-refractivity contribution in [1.29, 1.82) is 0 Å². The molecule has 1 rings (SSSR count). The molecule has 2 heteroatoms. The minimum atomic E-state index is 0.767. The average Bonchev–Trinajstić information content (AvgIpc) is 2.12. The average molecular weight is 198 g/mol. The van der Waals surface area contributed by atoms with Crippen molar-refractivity contribution >= 4 is 0 Å². The van der Waals surface area contributed by atoms with Crippen LogP contribution < -0.4 is 5.32 Å². The van der Waals surface area contributed by atoms with E-state index in [2.05, 4.69) is 31.0 Å². The summed E-state index contributed by atoms with van der Waals surface area (Å²) < 4.78 is 0. The largest absolute Gasteiger partial charge is 0.319 e. The van der Waals surface area contributed by atoms with Crippen LogP contribution in [0.1, 0.15) is 40.0 Å². The molecule has 0 saturated carbocycles. The molecular weight excluding hydrogens is 172 g/mol. The van der Waals surface area contributed by atoms with Gasteiger partial charge in [0.2, 0.25) is 0 Å². The van der Waals surface area contributed by atoms with Gasteiger partial charge in [-0.2, -0.15) is 0 Å². The Balaban J connectivity index is 2.39. The standard InChI is InChI=1S/C12H26N2/c1-10(8-13-4)9-14-11(2)6-5-7-12(14)3/h10-13H,5-9H2,1-4H3. The fraction of sp³-hybridized carbons (Fsp3) is 1.00. The molecular formula is C12H26N2. The van der Waals surface area contributed by atoms with Gasteiger partial charge in [0, 0.05) is 18.6 Å². The zero-order valence-corrected chi connectivity index (χ0v) is 10.2. The predicted molar refractivity (Wildman–Crippen MR) is 62.6 cm³/mol. The van der Waals surface area contributed by atoms with Crippen LogP contribution in [0.3, 0.4) is 0 Å². The van der Waals surface area contributed by atoms with Gasteiger partial charge in [0.25, 0.3) is 0 Å². The molecule has 1 aliphatic rings. The summed E-state index contributed by atoms with van der Waals surface area (Å²) >= 11 is 0. The van der Waals surface area contributed by atoms with Crippen molar-refractivity contribution in [2.45, 2.75) is 52.1 Å². The van der Waals surface area contributed by atoms with Crippen molar-refractivity contribution < 1.29 is 0 Å². The van der Waals surface area contributed by atoms with Crippen LogP contribution in [0, 0.1) is 5.92 Å². The highest BCUT2D eigenvalue weighted by molar-refractivity contribution is 4.80. The van der Waals surface area contributed by atoms with Gasteiger partial charge in [-0.3, -0.25) is 4.90 Å². The Morgan fingerprint density at radius 2 is 1.86 bits per heavy atom. The molecule has 1 heterocycles. The summed E-state index contributed by atoms with van der Waals surface area (Å²) in [7, 11) is 2.04. The predicted octanol–water partition coefficient (Wildman–Crippen LogP) is 2.10. The van der Waals surface area contributed by atoms with E-state index in [0.29, 0.717) is 0 Å². The van der Waals surface area contributed by atoms with E-state index in [1.807, 2.05) is 7.05 Å². The molecule has 0 radical (unpaired) electrons. The Kier molecular flexibility index (Phi) is 4.90. The van der Waals surface area contributed by atoms with Crippen LogP contribution in [0.2, 0.25) is 0 Å². The smallest absolute Gasteiger partial charge is 0.00698 e. The second-order valence-electron chi connectivity index (χ2n) is 4.99. The molecule has 0 aliphatic carbocycles. The van der Waals surface area contributed by atoms with Crippen LogP contribution in [-0.2, 0) is 0 Å². The Morgan fingerprint density at radius 3 is 2.36 bits per heavy atom. The summed E-state index contributed by atoms with van der Waals surface area (Å²) in [5.41, 5.74) is 0. The highest BCUT2D eigenvalue weighted by Crippen LogP contribution is 2.23. The van der Waals surface area contributed by atoms with Gasteiger partial charge >= 0.3 is 0 Å². The van der Waals surface area contributed by atoms with Gasteiger partial charge in [0.05, 0.1) is 0 Å². The molecule has 0 aromatic carbocycles. The molecule has 1 fully saturated rings. The number of nitrogens with one attached hydrogen (secondary N) is 1. The zero-order valence-electron chi connectivity index (χ0n) is 10.2. The van der Waals surface area contributed by atoms with Gasteiger partial charge in [-0.05, 0) is 46.2 Å². The van der Waals surface area contributed by atoms with Crippen molar-refractivity contribution in [3.63, 3.8) is 0 Å². The molecule has 0 amide bonds. The molecule has 0 spiro atoms. The first-order valence-electron chi connectivity index (χ1n) is 6.05. The van der Waals surface area contributed by atoms with E-state index in [-0.39, 0.29) is 0 Å². The van der Waals surface area contributed by atoms with Crippen LogP contribution in [0.4, 0.5) is 0 Å². The summed E-state index contributed by atoms with van der Waals surface area (Å²) in [6, 6.07) is 1.58. The van der Waals surface area contributed by atoms with Crippen LogP contribution in [0.25, 0.3) is 0 Å². The lowest BCUT2D eigenvalue weighted by atomic mass is 9.96. The van der Waals surface area contributed by atoms with E-state index < -0.39 is 0 Å². The highest BCUT2D eigenvalue weighted by atomic mass is 15.2. The number of hydrogen-bond donors (Lipinski definition) is 1. The highest BCUT2D eigenvalue weighted by Gasteiger charge is 2.25. The zero-order chi connectivity index (χ0) is 10.6. The van der Waals surface area contributed by atoms with E-state index >= 15 is 0 Å². The van der Waals surface area contributed by atoms with E-state index in [4.69, 9.17) is 0 Å². The van der Waals surface area contributed by atoms with Gasteiger partial charge in [0.1, 0.15) is 0 Å². The van der Waals surface area contributed by atoms with Gasteiger partial charge in [0.15, 0.2) is 0 Å². The Bertz CT molecular complexity index is 148. The molecule has 1 aliphatic heterocycles. The lowest BCUT2D eigenvalue weighted by Crippen LogP contribution is -2.46. The third kappa shape index (κ3) is 3.25. The molecule has 0 aromatic heterocycles.